The Morgan fingerprint density at radius 1 is 1.31 bits per heavy atom. The number of allylic oxidation sites excluding steroid dienone is 2. The van der Waals surface area contributed by atoms with Crippen LogP contribution in [0.2, 0.25) is 0 Å². The van der Waals surface area contributed by atoms with Crippen molar-refractivity contribution in [3.63, 3.8) is 0 Å². The number of hydrogen-bond acceptors (Lipinski definition) is 1. The highest BCUT2D eigenvalue weighted by Gasteiger charge is 1.93. The largest absolute Gasteiger partial charge is 0.299 e. The molecule has 1 aromatic carbocycles. The third kappa shape index (κ3) is 3.24. The number of carbonyl (C=O) groups excluding carboxylic acids is 1. The molecule has 0 radical (unpaired) electrons. The van der Waals surface area contributed by atoms with Crippen LogP contribution in [0, 0.1) is 6.92 Å². The highest BCUT2D eigenvalue weighted by molar-refractivity contribution is 5.64. The van der Waals surface area contributed by atoms with Crippen molar-refractivity contribution in [2.75, 3.05) is 0 Å². The lowest BCUT2D eigenvalue weighted by Gasteiger charge is -2.01. The Morgan fingerprint density at radius 3 is 2.77 bits per heavy atom. The molecule has 13 heavy (non-hydrogen) atoms. The van der Waals surface area contributed by atoms with Gasteiger partial charge in [-0.15, -0.1) is 0 Å². The fourth-order valence-electron chi connectivity index (χ4n) is 1.28. The minimum atomic E-state index is 0.817. The van der Waals surface area contributed by atoms with Gasteiger partial charge in [0.1, 0.15) is 6.29 Å². The highest BCUT2D eigenvalue weighted by Crippen LogP contribution is 2.09. The van der Waals surface area contributed by atoms with Crippen LogP contribution in [0.5, 0.6) is 0 Å². The summed E-state index contributed by atoms with van der Waals surface area (Å²) in [4.78, 5) is 10.00. The van der Waals surface area contributed by atoms with Gasteiger partial charge in [0, 0.05) is 0 Å². The molecular formula is C12H14O. The summed E-state index contributed by atoms with van der Waals surface area (Å²) in [6.07, 6.45) is 6.22. The first-order valence-corrected chi connectivity index (χ1v) is 4.49. The molecule has 0 amide bonds. The first kappa shape index (κ1) is 9.72. The summed E-state index contributed by atoms with van der Waals surface area (Å²) in [6.45, 7) is 2.11. The van der Waals surface area contributed by atoms with Crippen molar-refractivity contribution in [3.8, 4) is 0 Å². The lowest BCUT2D eigenvalue weighted by Crippen LogP contribution is -1.87. The summed E-state index contributed by atoms with van der Waals surface area (Å²) in [5, 5.41) is 0. The van der Waals surface area contributed by atoms with E-state index >= 15 is 0 Å². The van der Waals surface area contributed by atoms with Crippen LogP contribution < -0.4 is 0 Å². The molecule has 1 rings (SSSR count). The van der Waals surface area contributed by atoms with Crippen molar-refractivity contribution >= 4 is 6.29 Å². The van der Waals surface area contributed by atoms with Crippen LogP contribution in [0.15, 0.2) is 36.4 Å². The molecule has 0 aliphatic heterocycles. The van der Waals surface area contributed by atoms with Gasteiger partial charge in [-0.25, -0.2) is 0 Å². The lowest BCUT2D eigenvalue weighted by atomic mass is 10.0. The number of aryl methyl sites for hydroxylation is 2. The molecule has 0 unspecified atom stereocenters. The number of aldehydes is 1. The van der Waals surface area contributed by atoms with E-state index in [4.69, 9.17) is 0 Å². The quantitative estimate of drug-likeness (QED) is 0.506. The minimum Gasteiger partial charge on any atom is -0.299 e. The second kappa shape index (κ2) is 5.31. The Balaban J connectivity index is 2.49. The Kier molecular flexibility index (Phi) is 3.97. The molecule has 0 saturated heterocycles. The number of benzene rings is 1. The van der Waals surface area contributed by atoms with Crippen LogP contribution in [-0.4, -0.2) is 6.29 Å². The lowest BCUT2D eigenvalue weighted by molar-refractivity contribution is -0.104. The van der Waals surface area contributed by atoms with Crippen LogP contribution in [0.4, 0.5) is 0 Å². The summed E-state index contributed by atoms with van der Waals surface area (Å²) in [5.41, 5.74) is 2.68. The zero-order valence-electron chi connectivity index (χ0n) is 7.86. The average molecular weight is 174 g/mol. The van der Waals surface area contributed by atoms with Gasteiger partial charge in [-0.1, -0.05) is 30.3 Å². The van der Waals surface area contributed by atoms with Gasteiger partial charge < -0.3 is 0 Å². The summed E-state index contributed by atoms with van der Waals surface area (Å²) >= 11 is 0. The van der Waals surface area contributed by atoms with Gasteiger partial charge >= 0.3 is 0 Å². The Morgan fingerprint density at radius 2 is 2.08 bits per heavy atom. The molecule has 0 saturated carbocycles. The van der Waals surface area contributed by atoms with Crippen LogP contribution in [0.3, 0.4) is 0 Å². The smallest absolute Gasteiger partial charge is 0.142 e. The maximum atomic E-state index is 10.00. The highest BCUT2D eigenvalue weighted by atomic mass is 16.1. The number of rotatable bonds is 4. The molecule has 0 spiro atoms. The molecule has 0 heterocycles. The molecule has 0 atom stereocenters. The van der Waals surface area contributed by atoms with Crippen LogP contribution in [0.1, 0.15) is 17.5 Å². The van der Waals surface area contributed by atoms with Gasteiger partial charge in [0.2, 0.25) is 0 Å². The number of carbonyl (C=O) groups is 1. The molecule has 0 N–H and O–H groups in total. The van der Waals surface area contributed by atoms with Gasteiger partial charge in [-0.05, 0) is 37.0 Å². The fraction of sp³-hybridized carbons (Fsp3) is 0.250. The molecule has 1 aromatic rings. The van der Waals surface area contributed by atoms with Gasteiger partial charge in [0.25, 0.3) is 0 Å². The van der Waals surface area contributed by atoms with Gasteiger partial charge in [0.05, 0.1) is 0 Å². The van der Waals surface area contributed by atoms with E-state index in [1.165, 1.54) is 11.1 Å². The third-order valence-electron chi connectivity index (χ3n) is 2.06. The monoisotopic (exact) mass is 174 g/mol. The fourth-order valence-corrected chi connectivity index (χ4v) is 1.28. The summed E-state index contributed by atoms with van der Waals surface area (Å²) < 4.78 is 0. The maximum Gasteiger partial charge on any atom is 0.142 e. The Bertz CT molecular complexity index is 300. The second-order valence-corrected chi connectivity index (χ2v) is 3.03. The van der Waals surface area contributed by atoms with E-state index < -0.39 is 0 Å². The van der Waals surface area contributed by atoms with E-state index in [1.807, 2.05) is 18.2 Å². The van der Waals surface area contributed by atoms with Crippen LogP contribution in [0.25, 0.3) is 0 Å². The number of hydrogen-bond donors (Lipinski definition) is 0. The van der Waals surface area contributed by atoms with E-state index in [0.717, 1.165) is 19.1 Å². The Hall–Kier alpha value is -1.37. The summed E-state index contributed by atoms with van der Waals surface area (Å²) in [7, 11) is 0. The van der Waals surface area contributed by atoms with Gasteiger partial charge in [-0.2, -0.15) is 0 Å². The molecule has 0 aliphatic rings. The SMILES string of the molecule is Cc1ccccc1CCC=CC=O. The van der Waals surface area contributed by atoms with Crippen LogP contribution in [-0.2, 0) is 11.2 Å². The van der Waals surface area contributed by atoms with Crippen molar-refractivity contribution < 1.29 is 4.79 Å². The molecule has 0 aromatic heterocycles. The van der Waals surface area contributed by atoms with E-state index in [-0.39, 0.29) is 0 Å². The molecule has 0 aliphatic carbocycles. The van der Waals surface area contributed by atoms with Crippen LogP contribution >= 0.6 is 0 Å². The zero-order valence-corrected chi connectivity index (χ0v) is 7.86. The van der Waals surface area contributed by atoms with E-state index in [0.29, 0.717) is 0 Å². The average Bonchev–Trinajstić information content (AvgIpc) is 2.15. The molecule has 0 bridgehead atoms. The second-order valence-electron chi connectivity index (χ2n) is 3.03. The predicted octanol–water partition coefficient (Wildman–Crippen LogP) is 2.68. The van der Waals surface area contributed by atoms with E-state index in [9.17, 15) is 4.79 Å². The molecule has 1 heteroatoms. The third-order valence-corrected chi connectivity index (χ3v) is 2.06. The van der Waals surface area contributed by atoms with E-state index in [1.54, 1.807) is 6.08 Å². The standard InChI is InChI=1S/C12H14O/c1-11-7-4-5-9-12(11)8-3-2-6-10-13/h2,4-7,9-10H,3,8H2,1H3. The van der Waals surface area contributed by atoms with Crippen molar-refractivity contribution in [2.45, 2.75) is 19.8 Å². The molecule has 1 nitrogen and oxygen atoms in total. The summed E-state index contributed by atoms with van der Waals surface area (Å²) in [5.74, 6) is 0. The van der Waals surface area contributed by atoms with Crippen molar-refractivity contribution in [3.05, 3.63) is 47.5 Å². The van der Waals surface area contributed by atoms with Crippen molar-refractivity contribution in [1.29, 1.82) is 0 Å². The summed E-state index contributed by atoms with van der Waals surface area (Å²) in [6, 6.07) is 8.33. The Labute approximate surface area is 79.1 Å². The van der Waals surface area contributed by atoms with Gasteiger partial charge in [0.15, 0.2) is 0 Å². The van der Waals surface area contributed by atoms with Crippen molar-refractivity contribution in [1.82, 2.24) is 0 Å². The first-order chi connectivity index (χ1) is 6.34. The maximum absolute atomic E-state index is 10.00. The zero-order chi connectivity index (χ0) is 9.52. The normalized spacial score (nSPS) is 10.5. The molecule has 68 valence electrons. The topological polar surface area (TPSA) is 17.1 Å². The van der Waals surface area contributed by atoms with Crippen molar-refractivity contribution in [2.24, 2.45) is 0 Å². The molecule has 0 fully saturated rings. The minimum absolute atomic E-state index is 0.817. The molecular weight excluding hydrogens is 160 g/mol. The predicted molar refractivity (Wildman–Crippen MR) is 54.7 cm³/mol. The van der Waals surface area contributed by atoms with E-state index in [2.05, 4.69) is 19.1 Å². The van der Waals surface area contributed by atoms with Gasteiger partial charge in [-0.3, -0.25) is 4.79 Å². The first-order valence-electron chi connectivity index (χ1n) is 4.49.